The fourth-order valence-electron chi connectivity index (χ4n) is 1.02. The second-order valence-corrected chi connectivity index (χ2v) is 2.99. The lowest BCUT2D eigenvalue weighted by Crippen LogP contribution is -2.05. The highest BCUT2D eigenvalue weighted by Gasteiger charge is 2.00. The van der Waals surface area contributed by atoms with Crippen molar-refractivity contribution in [2.45, 2.75) is 33.1 Å². The molecule has 0 aromatic rings. The second kappa shape index (κ2) is 5.48. The van der Waals surface area contributed by atoms with Gasteiger partial charge in [0, 0.05) is 0 Å². The van der Waals surface area contributed by atoms with E-state index in [-0.39, 0.29) is 0 Å². The second-order valence-electron chi connectivity index (χ2n) is 2.99. The summed E-state index contributed by atoms with van der Waals surface area (Å²) in [6, 6.07) is 0. The standard InChI is InChI=1S/C9H19N/c1-4-8(2)7-9(3)5-6-10/h9H,2,4-7,10H2,1,3H3. The summed E-state index contributed by atoms with van der Waals surface area (Å²) in [7, 11) is 0. The molecule has 0 aromatic heterocycles. The summed E-state index contributed by atoms with van der Waals surface area (Å²) in [5, 5.41) is 0. The first-order chi connectivity index (χ1) is 4.70. The number of hydrogen-bond donors (Lipinski definition) is 1. The van der Waals surface area contributed by atoms with Gasteiger partial charge in [0.1, 0.15) is 0 Å². The largest absolute Gasteiger partial charge is 0.330 e. The minimum atomic E-state index is 0.720. The number of rotatable bonds is 5. The molecule has 0 rings (SSSR count). The molecule has 0 saturated heterocycles. The van der Waals surface area contributed by atoms with E-state index in [4.69, 9.17) is 5.73 Å². The predicted octanol–water partition coefficient (Wildman–Crippen LogP) is 2.33. The van der Waals surface area contributed by atoms with Crippen molar-refractivity contribution in [3.8, 4) is 0 Å². The van der Waals surface area contributed by atoms with Gasteiger partial charge < -0.3 is 5.73 Å². The zero-order valence-electron chi connectivity index (χ0n) is 7.19. The van der Waals surface area contributed by atoms with Gasteiger partial charge in [-0.15, -0.1) is 0 Å². The molecule has 0 aromatic carbocycles. The van der Waals surface area contributed by atoms with E-state index in [1.807, 2.05) is 0 Å². The van der Waals surface area contributed by atoms with E-state index in [9.17, 15) is 0 Å². The van der Waals surface area contributed by atoms with Gasteiger partial charge in [0.05, 0.1) is 0 Å². The molecule has 10 heavy (non-hydrogen) atoms. The van der Waals surface area contributed by atoms with Crippen LogP contribution in [0.3, 0.4) is 0 Å². The smallest absolute Gasteiger partial charge is 0.00746 e. The van der Waals surface area contributed by atoms with E-state index in [0.29, 0.717) is 0 Å². The maximum Gasteiger partial charge on any atom is -0.00746 e. The van der Waals surface area contributed by atoms with Gasteiger partial charge in [-0.1, -0.05) is 26.0 Å². The first kappa shape index (κ1) is 9.70. The predicted molar refractivity (Wildman–Crippen MR) is 46.9 cm³/mol. The van der Waals surface area contributed by atoms with E-state index >= 15 is 0 Å². The third kappa shape index (κ3) is 4.57. The Balaban J connectivity index is 3.37. The van der Waals surface area contributed by atoms with E-state index in [1.54, 1.807) is 0 Å². The van der Waals surface area contributed by atoms with E-state index < -0.39 is 0 Å². The first-order valence-corrected chi connectivity index (χ1v) is 4.07. The van der Waals surface area contributed by atoms with E-state index in [2.05, 4.69) is 20.4 Å². The average molecular weight is 141 g/mol. The minimum absolute atomic E-state index is 0.720. The van der Waals surface area contributed by atoms with E-state index in [1.165, 1.54) is 5.57 Å². The van der Waals surface area contributed by atoms with Gasteiger partial charge in [-0.25, -0.2) is 0 Å². The van der Waals surface area contributed by atoms with Crippen molar-refractivity contribution < 1.29 is 0 Å². The zero-order valence-corrected chi connectivity index (χ0v) is 7.19. The molecule has 2 N–H and O–H groups in total. The van der Waals surface area contributed by atoms with Crippen molar-refractivity contribution >= 4 is 0 Å². The summed E-state index contributed by atoms with van der Waals surface area (Å²) < 4.78 is 0. The van der Waals surface area contributed by atoms with Crippen LogP contribution in [0.5, 0.6) is 0 Å². The molecule has 0 aliphatic heterocycles. The molecule has 0 radical (unpaired) electrons. The Morgan fingerprint density at radius 3 is 2.60 bits per heavy atom. The lowest BCUT2D eigenvalue weighted by molar-refractivity contribution is 0.531. The molecule has 0 saturated carbocycles. The normalized spacial score (nSPS) is 13.1. The van der Waals surface area contributed by atoms with Gasteiger partial charge in [-0.3, -0.25) is 0 Å². The summed E-state index contributed by atoms with van der Waals surface area (Å²) in [6.45, 7) is 9.14. The molecule has 0 spiro atoms. The summed E-state index contributed by atoms with van der Waals surface area (Å²) in [5.41, 5.74) is 6.77. The van der Waals surface area contributed by atoms with Crippen molar-refractivity contribution in [3.05, 3.63) is 12.2 Å². The van der Waals surface area contributed by atoms with Crippen LogP contribution in [0.25, 0.3) is 0 Å². The highest BCUT2D eigenvalue weighted by atomic mass is 14.5. The third-order valence-electron chi connectivity index (χ3n) is 1.80. The number of nitrogens with two attached hydrogens (primary N) is 1. The monoisotopic (exact) mass is 141 g/mol. The molecular weight excluding hydrogens is 122 g/mol. The van der Waals surface area contributed by atoms with Crippen LogP contribution in [0.1, 0.15) is 33.1 Å². The molecule has 0 bridgehead atoms. The fraction of sp³-hybridized carbons (Fsp3) is 0.778. The Labute approximate surface area is 64.3 Å². The van der Waals surface area contributed by atoms with Gasteiger partial charge in [-0.05, 0) is 31.7 Å². The van der Waals surface area contributed by atoms with Crippen molar-refractivity contribution in [2.75, 3.05) is 6.54 Å². The van der Waals surface area contributed by atoms with Gasteiger partial charge in [0.2, 0.25) is 0 Å². The van der Waals surface area contributed by atoms with Crippen molar-refractivity contribution in [1.29, 1.82) is 0 Å². The van der Waals surface area contributed by atoms with Gasteiger partial charge in [0.25, 0.3) is 0 Å². The summed E-state index contributed by atoms with van der Waals surface area (Å²) in [5.74, 6) is 0.720. The summed E-state index contributed by atoms with van der Waals surface area (Å²) >= 11 is 0. The van der Waals surface area contributed by atoms with Crippen molar-refractivity contribution in [1.82, 2.24) is 0 Å². The van der Waals surface area contributed by atoms with Crippen LogP contribution in [0.2, 0.25) is 0 Å². The molecular formula is C9H19N. The summed E-state index contributed by atoms with van der Waals surface area (Å²) in [6.07, 6.45) is 3.38. The van der Waals surface area contributed by atoms with Crippen LogP contribution in [0.15, 0.2) is 12.2 Å². The summed E-state index contributed by atoms with van der Waals surface area (Å²) in [4.78, 5) is 0. The molecule has 0 heterocycles. The molecule has 1 heteroatoms. The van der Waals surface area contributed by atoms with E-state index in [0.717, 1.165) is 31.7 Å². The third-order valence-corrected chi connectivity index (χ3v) is 1.80. The first-order valence-electron chi connectivity index (χ1n) is 4.07. The minimum Gasteiger partial charge on any atom is -0.330 e. The maximum absolute atomic E-state index is 5.42. The molecule has 1 nitrogen and oxygen atoms in total. The van der Waals surface area contributed by atoms with Crippen molar-refractivity contribution in [2.24, 2.45) is 11.7 Å². The molecule has 0 amide bonds. The van der Waals surface area contributed by atoms with Crippen LogP contribution < -0.4 is 5.73 Å². The Morgan fingerprint density at radius 2 is 2.20 bits per heavy atom. The Hall–Kier alpha value is -0.300. The van der Waals surface area contributed by atoms with Crippen LogP contribution in [0, 0.1) is 5.92 Å². The highest BCUT2D eigenvalue weighted by Crippen LogP contribution is 2.14. The average Bonchev–Trinajstić information content (AvgIpc) is 1.88. The Bertz CT molecular complexity index is 96.9. The number of allylic oxidation sites excluding steroid dienone is 1. The van der Waals surface area contributed by atoms with Crippen LogP contribution >= 0.6 is 0 Å². The topological polar surface area (TPSA) is 26.0 Å². The maximum atomic E-state index is 5.42. The quantitative estimate of drug-likeness (QED) is 0.584. The molecule has 60 valence electrons. The van der Waals surface area contributed by atoms with Crippen molar-refractivity contribution in [3.63, 3.8) is 0 Å². The van der Waals surface area contributed by atoms with Crippen LogP contribution in [-0.4, -0.2) is 6.54 Å². The SMILES string of the molecule is C=C(CC)CC(C)CCN. The van der Waals surface area contributed by atoms with Crippen LogP contribution in [0.4, 0.5) is 0 Å². The van der Waals surface area contributed by atoms with Gasteiger partial charge in [0.15, 0.2) is 0 Å². The fourth-order valence-corrected chi connectivity index (χ4v) is 1.02. The molecule has 0 aliphatic rings. The molecule has 0 fully saturated rings. The lowest BCUT2D eigenvalue weighted by Gasteiger charge is -2.09. The zero-order chi connectivity index (χ0) is 7.98. The van der Waals surface area contributed by atoms with Gasteiger partial charge >= 0.3 is 0 Å². The van der Waals surface area contributed by atoms with Gasteiger partial charge in [-0.2, -0.15) is 0 Å². The molecule has 0 aliphatic carbocycles. The lowest BCUT2D eigenvalue weighted by atomic mass is 9.98. The molecule has 1 atom stereocenters. The molecule has 1 unspecified atom stereocenters. The Kier molecular flexibility index (Phi) is 5.32. The highest BCUT2D eigenvalue weighted by molar-refractivity contribution is 4.93. The Morgan fingerprint density at radius 1 is 1.60 bits per heavy atom. The number of hydrogen-bond acceptors (Lipinski definition) is 1. The van der Waals surface area contributed by atoms with Crippen LogP contribution in [-0.2, 0) is 0 Å².